The maximum absolute atomic E-state index is 10.0. The highest BCUT2D eigenvalue weighted by atomic mass is 16.3. The van der Waals surface area contributed by atoms with Crippen LogP contribution in [0.1, 0.15) is 51.9 Å². The van der Waals surface area contributed by atoms with Gasteiger partial charge in [0.15, 0.2) is 0 Å². The minimum absolute atomic E-state index is 0.389. The van der Waals surface area contributed by atoms with Crippen LogP contribution in [0.4, 0.5) is 0 Å². The Kier molecular flexibility index (Phi) is 3.13. The van der Waals surface area contributed by atoms with Crippen LogP contribution in [0.25, 0.3) is 0 Å². The summed E-state index contributed by atoms with van der Waals surface area (Å²) in [5.74, 6) is 0. The lowest BCUT2D eigenvalue weighted by atomic mass is 9.82. The van der Waals surface area contributed by atoms with Crippen molar-refractivity contribution in [1.82, 2.24) is 4.90 Å². The highest BCUT2D eigenvalue weighted by molar-refractivity contribution is 4.88. The summed E-state index contributed by atoms with van der Waals surface area (Å²) >= 11 is 0. The summed E-state index contributed by atoms with van der Waals surface area (Å²) in [6, 6.07) is 0.666. The van der Waals surface area contributed by atoms with Crippen molar-refractivity contribution >= 4 is 0 Å². The summed E-state index contributed by atoms with van der Waals surface area (Å²) in [6.07, 6.45) is 8.62. The Bertz CT molecular complexity index is 185. The number of aliphatic hydroxyl groups is 1. The number of rotatable bonds is 1. The van der Waals surface area contributed by atoms with Gasteiger partial charge in [0.25, 0.3) is 0 Å². The van der Waals surface area contributed by atoms with E-state index in [1.807, 2.05) is 6.92 Å². The van der Waals surface area contributed by atoms with Gasteiger partial charge in [0.1, 0.15) is 0 Å². The van der Waals surface area contributed by atoms with Gasteiger partial charge in [0.05, 0.1) is 5.60 Å². The van der Waals surface area contributed by atoms with E-state index in [2.05, 4.69) is 4.90 Å². The molecule has 2 nitrogen and oxygen atoms in total. The van der Waals surface area contributed by atoms with Crippen molar-refractivity contribution in [2.75, 3.05) is 13.1 Å². The molecule has 2 aliphatic rings. The Balaban J connectivity index is 1.89. The van der Waals surface area contributed by atoms with Crippen molar-refractivity contribution < 1.29 is 5.11 Å². The molecule has 0 radical (unpaired) electrons. The molecule has 0 aromatic carbocycles. The first-order valence-corrected chi connectivity index (χ1v) is 6.14. The minimum Gasteiger partial charge on any atom is -0.390 e. The Morgan fingerprint density at radius 2 is 1.86 bits per heavy atom. The Morgan fingerprint density at radius 3 is 2.50 bits per heavy atom. The molecule has 1 heterocycles. The third-order valence-electron chi connectivity index (χ3n) is 3.84. The van der Waals surface area contributed by atoms with Crippen molar-refractivity contribution in [3.63, 3.8) is 0 Å². The van der Waals surface area contributed by atoms with E-state index < -0.39 is 0 Å². The zero-order chi connectivity index (χ0) is 10.0. The third-order valence-corrected chi connectivity index (χ3v) is 3.84. The zero-order valence-corrected chi connectivity index (χ0v) is 9.34. The summed E-state index contributed by atoms with van der Waals surface area (Å²) < 4.78 is 0. The van der Waals surface area contributed by atoms with E-state index in [0.717, 1.165) is 12.8 Å². The lowest BCUT2D eigenvalue weighted by Gasteiger charge is -2.41. The van der Waals surface area contributed by atoms with Crippen molar-refractivity contribution in [2.45, 2.75) is 63.5 Å². The van der Waals surface area contributed by atoms with E-state index in [1.165, 1.54) is 45.2 Å². The van der Waals surface area contributed by atoms with Crippen LogP contribution in [0.3, 0.4) is 0 Å². The maximum atomic E-state index is 10.0. The van der Waals surface area contributed by atoms with Crippen LogP contribution in [-0.2, 0) is 0 Å². The van der Waals surface area contributed by atoms with E-state index in [1.54, 1.807) is 0 Å². The Morgan fingerprint density at radius 1 is 1.14 bits per heavy atom. The predicted octanol–water partition coefficient (Wildman–Crippen LogP) is 2.17. The third kappa shape index (κ3) is 2.48. The molecule has 14 heavy (non-hydrogen) atoms. The van der Waals surface area contributed by atoms with Gasteiger partial charge < -0.3 is 10.0 Å². The summed E-state index contributed by atoms with van der Waals surface area (Å²) in [5, 5.41) is 10.0. The molecule has 1 N–H and O–H groups in total. The van der Waals surface area contributed by atoms with Gasteiger partial charge in [-0.1, -0.05) is 6.42 Å². The molecule has 0 unspecified atom stereocenters. The molecule has 0 bridgehead atoms. The van der Waals surface area contributed by atoms with E-state index in [0.29, 0.717) is 6.04 Å². The SMILES string of the molecule is C[C@@]1(O)CCC[C@@H](N2CCCCC2)C1. The molecule has 0 spiro atoms. The van der Waals surface area contributed by atoms with E-state index in [4.69, 9.17) is 0 Å². The molecule has 0 aromatic rings. The average Bonchev–Trinajstić information content (AvgIpc) is 2.18. The van der Waals surface area contributed by atoms with Crippen LogP contribution in [0, 0.1) is 0 Å². The van der Waals surface area contributed by atoms with Gasteiger partial charge in [0, 0.05) is 6.04 Å². The zero-order valence-electron chi connectivity index (χ0n) is 9.34. The second kappa shape index (κ2) is 4.19. The van der Waals surface area contributed by atoms with Gasteiger partial charge in [-0.25, -0.2) is 0 Å². The van der Waals surface area contributed by atoms with Crippen LogP contribution in [0.5, 0.6) is 0 Å². The van der Waals surface area contributed by atoms with Gasteiger partial charge in [-0.2, -0.15) is 0 Å². The molecule has 0 amide bonds. The van der Waals surface area contributed by atoms with Gasteiger partial charge in [0.2, 0.25) is 0 Å². The first-order chi connectivity index (χ1) is 6.67. The normalized spacial score (nSPS) is 41.1. The average molecular weight is 197 g/mol. The lowest BCUT2D eigenvalue weighted by molar-refractivity contribution is -0.0199. The van der Waals surface area contributed by atoms with Gasteiger partial charge >= 0.3 is 0 Å². The fourth-order valence-corrected chi connectivity index (χ4v) is 3.03. The highest BCUT2D eigenvalue weighted by Crippen LogP contribution is 2.31. The Labute approximate surface area is 87.3 Å². The van der Waals surface area contributed by atoms with Crippen molar-refractivity contribution in [3.05, 3.63) is 0 Å². The number of hydrogen-bond donors (Lipinski definition) is 1. The van der Waals surface area contributed by atoms with Gasteiger partial charge in [-0.05, 0) is 58.5 Å². The molecule has 2 rings (SSSR count). The smallest absolute Gasteiger partial charge is 0.0634 e. The number of likely N-dealkylation sites (tertiary alicyclic amines) is 1. The van der Waals surface area contributed by atoms with Crippen LogP contribution >= 0.6 is 0 Å². The molecule has 1 saturated heterocycles. The molecular formula is C12H23NO. The summed E-state index contributed by atoms with van der Waals surface area (Å²) in [5.41, 5.74) is -0.389. The largest absolute Gasteiger partial charge is 0.390 e. The molecule has 2 heteroatoms. The maximum Gasteiger partial charge on any atom is 0.0634 e. The predicted molar refractivity (Wildman–Crippen MR) is 58.3 cm³/mol. The fourth-order valence-electron chi connectivity index (χ4n) is 3.03. The van der Waals surface area contributed by atoms with Crippen LogP contribution in [0.15, 0.2) is 0 Å². The highest BCUT2D eigenvalue weighted by Gasteiger charge is 2.33. The second-order valence-corrected chi connectivity index (χ2v) is 5.34. The lowest BCUT2D eigenvalue weighted by Crippen LogP contribution is -2.46. The van der Waals surface area contributed by atoms with Gasteiger partial charge in [-0.15, -0.1) is 0 Å². The molecular weight excluding hydrogens is 174 g/mol. The molecule has 1 aliphatic carbocycles. The molecule has 2 atom stereocenters. The summed E-state index contributed by atoms with van der Waals surface area (Å²) in [4.78, 5) is 2.61. The first kappa shape index (κ1) is 10.4. The number of piperidine rings is 1. The fraction of sp³-hybridized carbons (Fsp3) is 1.00. The number of nitrogens with zero attached hydrogens (tertiary/aromatic N) is 1. The molecule has 1 saturated carbocycles. The monoisotopic (exact) mass is 197 g/mol. The van der Waals surface area contributed by atoms with Crippen molar-refractivity contribution in [1.29, 1.82) is 0 Å². The topological polar surface area (TPSA) is 23.5 Å². The van der Waals surface area contributed by atoms with Crippen LogP contribution in [0.2, 0.25) is 0 Å². The Hall–Kier alpha value is -0.0800. The van der Waals surface area contributed by atoms with E-state index in [9.17, 15) is 5.11 Å². The molecule has 82 valence electrons. The van der Waals surface area contributed by atoms with E-state index >= 15 is 0 Å². The first-order valence-electron chi connectivity index (χ1n) is 6.14. The summed E-state index contributed by atoms with van der Waals surface area (Å²) in [7, 11) is 0. The quantitative estimate of drug-likeness (QED) is 0.696. The molecule has 1 aliphatic heterocycles. The molecule has 2 fully saturated rings. The minimum atomic E-state index is -0.389. The van der Waals surface area contributed by atoms with Crippen LogP contribution < -0.4 is 0 Å². The number of hydrogen-bond acceptors (Lipinski definition) is 2. The summed E-state index contributed by atoms with van der Waals surface area (Å²) in [6.45, 7) is 4.53. The van der Waals surface area contributed by atoms with E-state index in [-0.39, 0.29) is 5.60 Å². The van der Waals surface area contributed by atoms with Crippen molar-refractivity contribution in [3.8, 4) is 0 Å². The van der Waals surface area contributed by atoms with Crippen LogP contribution in [-0.4, -0.2) is 34.7 Å². The molecule has 0 aromatic heterocycles. The van der Waals surface area contributed by atoms with Gasteiger partial charge in [-0.3, -0.25) is 0 Å². The second-order valence-electron chi connectivity index (χ2n) is 5.34. The van der Waals surface area contributed by atoms with Crippen molar-refractivity contribution in [2.24, 2.45) is 0 Å². The standard InChI is InChI=1S/C12H23NO/c1-12(14)7-5-6-11(10-12)13-8-3-2-4-9-13/h11,14H,2-10H2,1H3/t11-,12-/m1/s1.